The molecule has 0 saturated heterocycles. The van der Waals surface area contributed by atoms with Crippen LogP contribution in [-0.2, 0) is 0 Å². The summed E-state index contributed by atoms with van der Waals surface area (Å²) in [6.45, 7) is 0. The molecule has 0 aromatic heterocycles. The number of nitrogens with two attached hydrogens (primary N) is 1. The van der Waals surface area contributed by atoms with Gasteiger partial charge in [-0.1, -0.05) is 6.07 Å². The second kappa shape index (κ2) is 5.67. The second-order valence-corrected chi connectivity index (χ2v) is 4.81. The number of thioether (sulfide) groups is 1. The summed E-state index contributed by atoms with van der Waals surface area (Å²) in [5.74, 6) is -1.00. The number of carboxylic acid groups (broad SMARTS) is 1. The highest BCUT2D eigenvalue weighted by molar-refractivity contribution is 7.98. The van der Waals surface area contributed by atoms with Crippen molar-refractivity contribution >= 4 is 34.8 Å². The minimum Gasteiger partial charge on any atom is -0.478 e. The minimum absolute atomic E-state index is 0.161. The lowest BCUT2D eigenvalue weighted by molar-refractivity contribution is 0.0698. The molecule has 2 aromatic carbocycles. The van der Waals surface area contributed by atoms with Crippen LogP contribution in [0.25, 0.3) is 0 Å². The van der Waals surface area contributed by atoms with E-state index in [1.165, 1.54) is 6.07 Å². The first kappa shape index (κ1) is 13.3. The lowest BCUT2D eigenvalue weighted by Crippen LogP contribution is -2.05. The Morgan fingerprint density at radius 1 is 1.21 bits per heavy atom. The van der Waals surface area contributed by atoms with Crippen molar-refractivity contribution in [1.82, 2.24) is 0 Å². The highest BCUT2D eigenvalue weighted by atomic mass is 32.2. The molecule has 0 unspecified atom stereocenters. The van der Waals surface area contributed by atoms with E-state index in [-0.39, 0.29) is 5.56 Å². The van der Waals surface area contributed by atoms with Crippen LogP contribution in [0.4, 0.5) is 17.1 Å². The Kier molecular flexibility index (Phi) is 3.97. The molecule has 0 saturated carbocycles. The SMILES string of the molecule is CSc1ccc(Nc2c(N)cccc2C(=O)O)cc1. The molecule has 0 radical (unpaired) electrons. The van der Waals surface area contributed by atoms with Crippen LogP contribution in [0.3, 0.4) is 0 Å². The Morgan fingerprint density at radius 3 is 2.47 bits per heavy atom. The van der Waals surface area contributed by atoms with E-state index in [0.717, 1.165) is 10.6 Å². The fourth-order valence-corrected chi connectivity index (χ4v) is 2.11. The van der Waals surface area contributed by atoms with Crippen LogP contribution >= 0.6 is 11.8 Å². The van der Waals surface area contributed by atoms with E-state index in [2.05, 4.69) is 5.32 Å². The predicted molar refractivity (Wildman–Crippen MR) is 79.3 cm³/mol. The van der Waals surface area contributed by atoms with E-state index < -0.39 is 5.97 Å². The van der Waals surface area contributed by atoms with E-state index in [1.54, 1.807) is 23.9 Å². The van der Waals surface area contributed by atoms with Crippen molar-refractivity contribution in [3.8, 4) is 0 Å². The fourth-order valence-electron chi connectivity index (χ4n) is 1.71. The molecule has 2 aromatic rings. The molecule has 0 aliphatic rings. The molecule has 2 rings (SSSR count). The Morgan fingerprint density at radius 2 is 1.89 bits per heavy atom. The fraction of sp³-hybridized carbons (Fsp3) is 0.0714. The van der Waals surface area contributed by atoms with Gasteiger partial charge in [-0.15, -0.1) is 11.8 Å². The number of nitrogens with one attached hydrogen (secondary N) is 1. The average molecular weight is 274 g/mol. The number of benzene rings is 2. The van der Waals surface area contributed by atoms with Gasteiger partial charge in [-0.3, -0.25) is 0 Å². The van der Waals surface area contributed by atoms with Crippen LogP contribution in [0.1, 0.15) is 10.4 Å². The number of nitrogen functional groups attached to an aromatic ring is 1. The summed E-state index contributed by atoms with van der Waals surface area (Å²) in [5.41, 5.74) is 7.63. The van der Waals surface area contributed by atoms with Gasteiger partial charge in [-0.25, -0.2) is 4.79 Å². The van der Waals surface area contributed by atoms with Gasteiger partial charge in [-0.2, -0.15) is 0 Å². The number of rotatable bonds is 4. The average Bonchev–Trinajstić information content (AvgIpc) is 2.41. The molecule has 0 atom stereocenters. The number of aromatic carboxylic acids is 1. The van der Waals surface area contributed by atoms with Crippen molar-refractivity contribution in [1.29, 1.82) is 0 Å². The van der Waals surface area contributed by atoms with Gasteiger partial charge in [0.15, 0.2) is 0 Å². The van der Waals surface area contributed by atoms with Crippen molar-refractivity contribution in [2.24, 2.45) is 0 Å². The van der Waals surface area contributed by atoms with Gasteiger partial charge in [0.2, 0.25) is 0 Å². The van der Waals surface area contributed by atoms with Gasteiger partial charge in [0.05, 0.1) is 16.9 Å². The standard InChI is InChI=1S/C14H14N2O2S/c1-19-10-7-5-9(6-8-10)16-13-11(14(17)18)3-2-4-12(13)15/h2-8,16H,15H2,1H3,(H,17,18). The minimum atomic E-state index is -1.00. The third-order valence-electron chi connectivity index (χ3n) is 2.69. The van der Waals surface area contributed by atoms with Crippen LogP contribution in [0, 0.1) is 0 Å². The van der Waals surface area contributed by atoms with E-state index >= 15 is 0 Å². The Balaban J connectivity index is 2.34. The molecule has 0 fully saturated rings. The van der Waals surface area contributed by atoms with E-state index in [0.29, 0.717) is 11.4 Å². The summed E-state index contributed by atoms with van der Waals surface area (Å²) in [6, 6.07) is 12.5. The lowest BCUT2D eigenvalue weighted by atomic mass is 10.1. The van der Waals surface area contributed by atoms with Gasteiger partial charge in [0, 0.05) is 10.6 Å². The summed E-state index contributed by atoms with van der Waals surface area (Å²) in [5, 5.41) is 12.2. The molecule has 0 aliphatic heterocycles. The molecule has 0 heterocycles. The summed E-state index contributed by atoms with van der Waals surface area (Å²) in [4.78, 5) is 12.3. The first-order chi connectivity index (χ1) is 9.11. The number of para-hydroxylation sites is 1. The van der Waals surface area contributed by atoms with Crippen LogP contribution in [0.2, 0.25) is 0 Å². The summed E-state index contributed by atoms with van der Waals surface area (Å²) < 4.78 is 0. The van der Waals surface area contributed by atoms with Gasteiger partial charge in [0.1, 0.15) is 0 Å². The first-order valence-corrected chi connectivity index (χ1v) is 6.87. The Hall–Kier alpha value is -2.14. The van der Waals surface area contributed by atoms with E-state index in [4.69, 9.17) is 10.8 Å². The predicted octanol–water partition coefficient (Wildman–Crippen LogP) is 3.43. The molecule has 4 N–H and O–H groups in total. The molecule has 0 aliphatic carbocycles. The van der Waals surface area contributed by atoms with Crippen LogP contribution in [0.5, 0.6) is 0 Å². The van der Waals surface area contributed by atoms with E-state index in [9.17, 15) is 4.79 Å². The van der Waals surface area contributed by atoms with Gasteiger partial charge < -0.3 is 16.2 Å². The molecule has 5 heteroatoms. The maximum Gasteiger partial charge on any atom is 0.337 e. The van der Waals surface area contributed by atoms with Crippen molar-refractivity contribution in [2.75, 3.05) is 17.3 Å². The number of carbonyl (C=O) groups is 1. The monoisotopic (exact) mass is 274 g/mol. The Bertz CT molecular complexity index is 597. The van der Waals surface area contributed by atoms with Gasteiger partial charge in [0.25, 0.3) is 0 Å². The molecular weight excluding hydrogens is 260 g/mol. The number of hydrogen-bond acceptors (Lipinski definition) is 4. The maximum atomic E-state index is 11.2. The zero-order valence-electron chi connectivity index (χ0n) is 10.4. The normalized spacial score (nSPS) is 10.2. The first-order valence-electron chi connectivity index (χ1n) is 5.64. The summed E-state index contributed by atoms with van der Waals surface area (Å²) in [7, 11) is 0. The van der Waals surface area contributed by atoms with Gasteiger partial charge >= 0.3 is 5.97 Å². The lowest BCUT2D eigenvalue weighted by Gasteiger charge is -2.12. The largest absolute Gasteiger partial charge is 0.478 e. The maximum absolute atomic E-state index is 11.2. The third-order valence-corrected chi connectivity index (χ3v) is 3.43. The van der Waals surface area contributed by atoms with Crippen molar-refractivity contribution in [3.63, 3.8) is 0 Å². The summed E-state index contributed by atoms with van der Waals surface area (Å²) in [6.07, 6.45) is 2.00. The second-order valence-electron chi connectivity index (χ2n) is 3.93. The van der Waals surface area contributed by atoms with E-state index in [1.807, 2.05) is 30.5 Å². The molecule has 0 spiro atoms. The number of anilines is 3. The molecular formula is C14H14N2O2S. The van der Waals surface area contributed by atoms with Crippen molar-refractivity contribution < 1.29 is 9.90 Å². The van der Waals surface area contributed by atoms with Crippen LogP contribution < -0.4 is 11.1 Å². The quantitative estimate of drug-likeness (QED) is 0.588. The topological polar surface area (TPSA) is 75.3 Å². The molecule has 98 valence electrons. The zero-order chi connectivity index (χ0) is 13.8. The highest BCUT2D eigenvalue weighted by Gasteiger charge is 2.12. The number of hydrogen-bond donors (Lipinski definition) is 3. The number of carboxylic acids is 1. The third kappa shape index (κ3) is 3.00. The Labute approximate surface area is 115 Å². The van der Waals surface area contributed by atoms with Crippen molar-refractivity contribution in [2.45, 2.75) is 4.90 Å². The molecule has 19 heavy (non-hydrogen) atoms. The molecule has 0 bridgehead atoms. The zero-order valence-corrected chi connectivity index (χ0v) is 11.2. The van der Waals surface area contributed by atoms with Crippen LogP contribution in [0.15, 0.2) is 47.4 Å². The molecule has 0 amide bonds. The molecule has 4 nitrogen and oxygen atoms in total. The summed E-state index contributed by atoms with van der Waals surface area (Å²) >= 11 is 1.65. The van der Waals surface area contributed by atoms with Crippen LogP contribution in [-0.4, -0.2) is 17.3 Å². The smallest absolute Gasteiger partial charge is 0.337 e. The van der Waals surface area contributed by atoms with Crippen molar-refractivity contribution in [3.05, 3.63) is 48.0 Å². The van der Waals surface area contributed by atoms with Gasteiger partial charge in [-0.05, 0) is 42.7 Å². The highest BCUT2D eigenvalue weighted by Crippen LogP contribution is 2.28.